The van der Waals surface area contributed by atoms with Crippen LogP contribution in [0.4, 0.5) is 11.5 Å². The van der Waals surface area contributed by atoms with Crippen LogP contribution in [-0.4, -0.2) is 16.5 Å². The van der Waals surface area contributed by atoms with Gasteiger partial charge < -0.3 is 5.32 Å². The molecule has 82 valence electrons. The van der Waals surface area contributed by atoms with Crippen LogP contribution in [0.15, 0.2) is 12.3 Å². The van der Waals surface area contributed by atoms with Crippen LogP contribution in [0.5, 0.6) is 0 Å². The first-order valence-corrected chi connectivity index (χ1v) is 5.00. The van der Waals surface area contributed by atoms with Gasteiger partial charge in [0.25, 0.3) is 5.69 Å². The first kappa shape index (κ1) is 11.4. The molecule has 0 amide bonds. The van der Waals surface area contributed by atoms with Crippen molar-refractivity contribution in [3.8, 4) is 0 Å². The van der Waals surface area contributed by atoms with Gasteiger partial charge in [0.2, 0.25) is 0 Å². The smallest absolute Gasteiger partial charge is 0.287 e. The number of aromatic nitrogens is 1. The third-order valence-electron chi connectivity index (χ3n) is 2.10. The molecular weight excluding hydrogens is 194 g/mol. The molecule has 0 spiro atoms. The van der Waals surface area contributed by atoms with Crippen molar-refractivity contribution in [3.63, 3.8) is 0 Å². The van der Waals surface area contributed by atoms with Crippen molar-refractivity contribution < 1.29 is 4.92 Å². The molecule has 0 atom stereocenters. The second-order valence-electron chi connectivity index (χ2n) is 3.40. The van der Waals surface area contributed by atoms with Crippen LogP contribution in [0.25, 0.3) is 0 Å². The van der Waals surface area contributed by atoms with Crippen LogP contribution in [0.1, 0.15) is 25.3 Å². The van der Waals surface area contributed by atoms with E-state index in [0.29, 0.717) is 0 Å². The first-order valence-electron chi connectivity index (χ1n) is 5.00. The number of nitrogens with one attached hydrogen (secondary N) is 1. The van der Waals surface area contributed by atoms with Crippen LogP contribution in [-0.2, 0) is 0 Å². The largest absolute Gasteiger partial charge is 0.370 e. The molecular formula is C10H15N3O2. The summed E-state index contributed by atoms with van der Waals surface area (Å²) in [6.07, 6.45) is 3.46. The average molecular weight is 209 g/mol. The minimum Gasteiger partial charge on any atom is -0.370 e. The van der Waals surface area contributed by atoms with E-state index in [4.69, 9.17) is 0 Å². The number of hydrogen-bond acceptors (Lipinski definition) is 4. The van der Waals surface area contributed by atoms with Gasteiger partial charge in [-0.15, -0.1) is 0 Å². The van der Waals surface area contributed by atoms with Crippen molar-refractivity contribution in [3.05, 3.63) is 27.9 Å². The lowest BCUT2D eigenvalue weighted by atomic mass is 10.2. The molecule has 1 rings (SSSR count). The fourth-order valence-electron chi connectivity index (χ4n) is 1.23. The Kier molecular flexibility index (Phi) is 4.03. The lowest BCUT2D eigenvalue weighted by molar-refractivity contribution is -0.385. The molecule has 0 saturated heterocycles. The summed E-state index contributed by atoms with van der Waals surface area (Å²) in [5.74, 6) is 0.731. The molecule has 5 nitrogen and oxygen atoms in total. The van der Waals surface area contributed by atoms with E-state index in [-0.39, 0.29) is 5.69 Å². The van der Waals surface area contributed by atoms with Gasteiger partial charge in [0.15, 0.2) is 0 Å². The van der Waals surface area contributed by atoms with Crippen molar-refractivity contribution in [2.75, 3.05) is 11.9 Å². The topological polar surface area (TPSA) is 68.1 Å². The summed E-state index contributed by atoms with van der Waals surface area (Å²) in [4.78, 5) is 14.1. The maximum absolute atomic E-state index is 10.5. The number of hydrogen-bond donors (Lipinski definition) is 1. The third kappa shape index (κ3) is 3.19. The van der Waals surface area contributed by atoms with Gasteiger partial charge in [0.1, 0.15) is 12.0 Å². The van der Waals surface area contributed by atoms with Crippen molar-refractivity contribution in [2.45, 2.75) is 26.7 Å². The molecule has 0 aliphatic rings. The minimum absolute atomic E-state index is 0.0357. The normalized spacial score (nSPS) is 10.0. The lowest BCUT2D eigenvalue weighted by Crippen LogP contribution is -2.05. The monoisotopic (exact) mass is 209 g/mol. The molecule has 0 radical (unpaired) electrons. The Labute approximate surface area is 88.7 Å². The quantitative estimate of drug-likeness (QED) is 0.459. The van der Waals surface area contributed by atoms with Crippen LogP contribution in [0, 0.1) is 17.0 Å². The van der Waals surface area contributed by atoms with Crippen LogP contribution < -0.4 is 5.32 Å². The minimum atomic E-state index is -0.435. The average Bonchev–Trinajstić information content (AvgIpc) is 2.20. The van der Waals surface area contributed by atoms with E-state index in [1.54, 1.807) is 0 Å². The van der Waals surface area contributed by atoms with Gasteiger partial charge in [-0.3, -0.25) is 10.1 Å². The zero-order chi connectivity index (χ0) is 11.3. The van der Waals surface area contributed by atoms with Crippen LogP contribution in [0.2, 0.25) is 0 Å². The standard InChI is InChI=1S/C10H15N3O2/c1-3-4-5-11-10-8(2)6-9(7-12-10)13(14)15/h6-7H,3-5H2,1-2H3,(H,11,12). The highest BCUT2D eigenvalue weighted by molar-refractivity contribution is 5.48. The molecule has 0 aliphatic carbocycles. The van der Waals surface area contributed by atoms with E-state index in [2.05, 4.69) is 17.2 Å². The molecule has 0 aromatic carbocycles. The summed E-state index contributed by atoms with van der Waals surface area (Å²) in [6, 6.07) is 1.53. The second-order valence-corrected chi connectivity index (χ2v) is 3.40. The van der Waals surface area contributed by atoms with E-state index in [0.717, 1.165) is 30.8 Å². The first-order chi connectivity index (χ1) is 7.15. The molecule has 0 aliphatic heterocycles. The summed E-state index contributed by atoms with van der Waals surface area (Å²) < 4.78 is 0. The summed E-state index contributed by atoms with van der Waals surface area (Å²) in [5, 5.41) is 13.6. The second kappa shape index (κ2) is 5.29. The lowest BCUT2D eigenvalue weighted by Gasteiger charge is -2.06. The highest BCUT2D eigenvalue weighted by Gasteiger charge is 2.08. The van der Waals surface area contributed by atoms with Crippen molar-refractivity contribution >= 4 is 11.5 Å². The van der Waals surface area contributed by atoms with E-state index in [1.165, 1.54) is 12.3 Å². The highest BCUT2D eigenvalue weighted by atomic mass is 16.6. The van der Waals surface area contributed by atoms with Crippen LogP contribution >= 0.6 is 0 Å². The molecule has 1 heterocycles. The van der Waals surface area contributed by atoms with Gasteiger partial charge >= 0.3 is 0 Å². The highest BCUT2D eigenvalue weighted by Crippen LogP contribution is 2.17. The molecule has 0 fully saturated rings. The number of aryl methyl sites for hydroxylation is 1. The van der Waals surface area contributed by atoms with Crippen molar-refractivity contribution in [2.24, 2.45) is 0 Å². The molecule has 0 bridgehead atoms. The Bertz CT molecular complexity index is 353. The Hall–Kier alpha value is -1.65. The third-order valence-corrected chi connectivity index (χ3v) is 2.10. The fraction of sp³-hybridized carbons (Fsp3) is 0.500. The van der Waals surface area contributed by atoms with Crippen molar-refractivity contribution in [1.29, 1.82) is 0 Å². The number of nitro groups is 1. The molecule has 1 N–H and O–H groups in total. The number of nitrogens with zero attached hydrogens (tertiary/aromatic N) is 2. The molecule has 15 heavy (non-hydrogen) atoms. The van der Waals surface area contributed by atoms with E-state index in [1.807, 2.05) is 6.92 Å². The summed E-state index contributed by atoms with van der Waals surface area (Å²) >= 11 is 0. The Balaban J connectivity index is 2.70. The molecule has 1 aromatic heterocycles. The maximum Gasteiger partial charge on any atom is 0.287 e. The van der Waals surface area contributed by atoms with Gasteiger partial charge in [0, 0.05) is 12.6 Å². The Morgan fingerprint density at radius 2 is 2.33 bits per heavy atom. The zero-order valence-corrected chi connectivity index (χ0v) is 8.99. The molecule has 1 aromatic rings. The van der Waals surface area contributed by atoms with E-state index in [9.17, 15) is 10.1 Å². The fourth-order valence-corrected chi connectivity index (χ4v) is 1.23. The number of pyridine rings is 1. The molecule has 0 saturated carbocycles. The van der Waals surface area contributed by atoms with Gasteiger partial charge in [-0.05, 0) is 18.9 Å². The van der Waals surface area contributed by atoms with Crippen molar-refractivity contribution in [1.82, 2.24) is 4.98 Å². The summed E-state index contributed by atoms with van der Waals surface area (Å²) in [5.41, 5.74) is 0.842. The number of rotatable bonds is 5. The van der Waals surface area contributed by atoms with Gasteiger partial charge in [-0.2, -0.15) is 0 Å². The van der Waals surface area contributed by atoms with E-state index < -0.39 is 4.92 Å². The SMILES string of the molecule is CCCCNc1ncc([N+](=O)[O-])cc1C. The Morgan fingerprint density at radius 3 is 2.87 bits per heavy atom. The predicted octanol–water partition coefficient (Wildman–Crippen LogP) is 2.51. The number of unbranched alkanes of at least 4 members (excludes halogenated alkanes) is 1. The molecule has 0 unspecified atom stereocenters. The molecule has 5 heteroatoms. The van der Waals surface area contributed by atoms with E-state index >= 15 is 0 Å². The van der Waals surface area contributed by atoms with Crippen LogP contribution in [0.3, 0.4) is 0 Å². The van der Waals surface area contributed by atoms with Gasteiger partial charge in [-0.25, -0.2) is 4.98 Å². The number of anilines is 1. The maximum atomic E-state index is 10.5. The Morgan fingerprint density at radius 1 is 1.60 bits per heavy atom. The predicted molar refractivity (Wildman–Crippen MR) is 59.0 cm³/mol. The van der Waals surface area contributed by atoms with Gasteiger partial charge in [0.05, 0.1) is 4.92 Å². The zero-order valence-electron chi connectivity index (χ0n) is 8.99. The summed E-state index contributed by atoms with van der Waals surface area (Å²) in [7, 11) is 0. The summed E-state index contributed by atoms with van der Waals surface area (Å²) in [6.45, 7) is 4.77. The van der Waals surface area contributed by atoms with Gasteiger partial charge in [-0.1, -0.05) is 13.3 Å².